The van der Waals surface area contributed by atoms with Crippen molar-refractivity contribution in [2.45, 2.75) is 32.6 Å². The Morgan fingerprint density at radius 3 is 2.38 bits per heavy atom. The van der Waals surface area contributed by atoms with Crippen LogP contribution in [0.5, 0.6) is 5.75 Å². The van der Waals surface area contributed by atoms with Crippen molar-refractivity contribution in [3.63, 3.8) is 0 Å². The van der Waals surface area contributed by atoms with E-state index in [1.807, 2.05) is 0 Å². The molecule has 1 rings (SSSR count). The van der Waals surface area contributed by atoms with Crippen LogP contribution in [0.25, 0.3) is 0 Å². The van der Waals surface area contributed by atoms with E-state index in [9.17, 15) is 0 Å². The molecule has 1 unspecified atom stereocenters. The monoisotopic (exact) mass is 285 g/mol. The number of rotatable bonds is 4. The Labute approximate surface area is 106 Å². The largest absolute Gasteiger partial charge is 0.496 e. The van der Waals surface area contributed by atoms with E-state index in [-0.39, 0.29) is 0 Å². The Morgan fingerprint density at radius 2 is 1.94 bits per heavy atom. The Morgan fingerprint density at radius 1 is 1.31 bits per heavy atom. The number of methoxy groups -OCH3 is 1. The predicted octanol–water partition coefficient (Wildman–Crippen LogP) is 3.64. The lowest BCUT2D eigenvalue weighted by molar-refractivity contribution is 0.410. The van der Waals surface area contributed by atoms with Gasteiger partial charge in [0.25, 0.3) is 0 Å². The fraction of sp³-hybridized carbons (Fsp3) is 0.538. The van der Waals surface area contributed by atoms with E-state index in [0.29, 0.717) is 18.4 Å². The molecule has 0 fully saturated rings. The van der Waals surface area contributed by atoms with Crippen molar-refractivity contribution >= 4 is 15.9 Å². The van der Waals surface area contributed by atoms with Crippen molar-refractivity contribution in [2.24, 2.45) is 5.73 Å². The lowest BCUT2D eigenvalue weighted by Crippen LogP contribution is -2.10. The first-order chi connectivity index (χ1) is 7.51. The van der Waals surface area contributed by atoms with Gasteiger partial charge in [-0.25, -0.2) is 0 Å². The summed E-state index contributed by atoms with van der Waals surface area (Å²) in [6.45, 7) is 7.13. The van der Waals surface area contributed by atoms with Crippen LogP contribution in [-0.2, 0) is 0 Å². The maximum atomic E-state index is 5.73. The first kappa shape index (κ1) is 13.5. The van der Waals surface area contributed by atoms with Crippen LogP contribution in [0.2, 0.25) is 0 Å². The third-order valence-corrected chi connectivity index (χ3v) is 3.71. The third kappa shape index (κ3) is 2.77. The first-order valence-electron chi connectivity index (χ1n) is 5.58. The van der Waals surface area contributed by atoms with Gasteiger partial charge in [-0.3, -0.25) is 0 Å². The standard InChI is InChI=1S/C13H20BrNO/c1-8(2)10-5-11(9(3)7-15)13(14)12(6-10)16-4/h5-6,8-9H,7,15H2,1-4H3. The zero-order valence-corrected chi connectivity index (χ0v) is 12.0. The van der Waals surface area contributed by atoms with Gasteiger partial charge in [-0.1, -0.05) is 26.8 Å². The highest BCUT2D eigenvalue weighted by Crippen LogP contribution is 2.36. The molecule has 0 amide bonds. The SMILES string of the molecule is COc1cc(C(C)C)cc(C(C)CN)c1Br. The zero-order valence-electron chi connectivity index (χ0n) is 10.4. The molecule has 0 aromatic heterocycles. The van der Waals surface area contributed by atoms with Gasteiger partial charge in [-0.15, -0.1) is 0 Å². The zero-order chi connectivity index (χ0) is 12.3. The summed E-state index contributed by atoms with van der Waals surface area (Å²) in [4.78, 5) is 0. The second-order valence-corrected chi connectivity index (χ2v) is 5.21. The molecule has 16 heavy (non-hydrogen) atoms. The van der Waals surface area contributed by atoms with Crippen LogP contribution in [0.4, 0.5) is 0 Å². The van der Waals surface area contributed by atoms with E-state index < -0.39 is 0 Å². The fourth-order valence-electron chi connectivity index (χ4n) is 1.61. The summed E-state index contributed by atoms with van der Waals surface area (Å²) in [6, 6.07) is 4.30. The predicted molar refractivity (Wildman–Crippen MR) is 72.3 cm³/mol. The van der Waals surface area contributed by atoms with Crippen molar-refractivity contribution in [3.05, 3.63) is 27.7 Å². The molecule has 3 heteroatoms. The molecular weight excluding hydrogens is 266 g/mol. The van der Waals surface area contributed by atoms with Gasteiger partial charge in [0.1, 0.15) is 5.75 Å². The quantitative estimate of drug-likeness (QED) is 0.917. The van der Waals surface area contributed by atoms with Gasteiger partial charge in [0.05, 0.1) is 11.6 Å². The topological polar surface area (TPSA) is 35.2 Å². The van der Waals surface area contributed by atoms with Crippen LogP contribution in [-0.4, -0.2) is 13.7 Å². The summed E-state index contributed by atoms with van der Waals surface area (Å²) in [5.41, 5.74) is 8.24. The molecule has 1 atom stereocenters. The summed E-state index contributed by atoms with van der Waals surface area (Å²) in [5.74, 6) is 1.72. The number of benzene rings is 1. The second kappa shape index (κ2) is 5.69. The lowest BCUT2D eigenvalue weighted by Gasteiger charge is -2.17. The molecule has 0 aliphatic carbocycles. The maximum Gasteiger partial charge on any atom is 0.133 e. The van der Waals surface area contributed by atoms with E-state index in [1.165, 1.54) is 11.1 Å². The summed E-state index contributed by atoms with van der Waals surface area (Å²) in [5, 5.41) is 0. The van der Waals surface area contributed by atoms with Gasteiger partial charge in [0.2, 0.25) is 0 Å². The molecule has 2 N–H and O–H groups in total. The summed E-state index contributed by atoms with van der Waals surface area (Å²) < 4.78 is 6.41. The molecule has 0 saturated carbocycles. The molecule has 0 bridgehead atoms. The van der Waals surface area contributed by atoms with Gasteiger partial charge in [-0.05, 0) is 51.5 Å². The van der Waals surface area contributed by atoms with Crippen molar-refractivity contribution in [1.82, 2.24) is 0 Å². The number of nitrogens with two attached hydrogens (primary N) is 1. The Kier molecular flexibility index (Phi) is 4.81. The van der Waals surface area contributed by atoms with Crippen LogP contribution in [0, 0.1) is 0 Å². The van der Waals surface area contributed by atoms with Crippen molar-refractivity contribution in [3.8, 4) is 5.75 Å². The molecule has 0 aliphatic rings. The van der Waals surface area contributed by atoms with Crippen LogP contribution in [0.15, 0.2) is 16.6 Å². The molecule has 2 nitrogen and oxygen atoms in total. The fourth-order valence-corrected chi connectivity index (χ4v) is 2.39. The van der Waals surface area contributed by atoms with E-state index in [1.54, 1.807) is 7.11 Å². The van der Waals surface area contributed by atoms with Crippen molar-refractivity contribution in [1.29, 1.82) is 0 Å². The number of halogens is 1. The molecule has 1 aromatic carbocycles. The highest BCUT2D eigenvalue weighted by Gasteiger charge is 2.15. The van der Waals surface area contributed by atoms with Crippen LogP contribution < -0.4 is 10.5 Å². The molecule has 1 aromatic rings. The smallest absolute Gasteiger partial charge is 0.133 e. The average molecular weight is 286 g/mol. The van der Waals surface area contributed by atoms with Gasteiger partial charge < -0.3 is 10.5 Å². The third-order valence-electron chi connectivity index (χ3n) is 2.86. The van der Waals surface area contributed by atoms with E-state index in [2.05, 4.69) is 48.8 Å². The second-order valence-electron chi connectivity index (χ2n) is 4.42. The van der Waals surface area contributed by atoms with Crippen LogP contribution in [0.1, 0.15) is 43.7 Å². The first-order valence-corrected chi connectivity index (χ1v) is 6.37. The van der Waals surface area contributed by atoms with E-state index in [0.717, 1.165) is 10.2 Å². The van der Waals surface area contributed by atoms with Crippen LogP contribution >= 0.6 is 15.9 Å². The lowest BCUT2D eigenvalue weighted by atomic mass is 9.94. The minimum absolute atomic E-state index is 0.335. The minimum atomic E-state index is 0.335. The minimum Gasteiger partial charge on any atom is -0.496 e. The Balaban J connectivity index is 3.29. The normalized spacial score (nSPS) is 12.9. The number of hydrogen-bond acceptors (Lipinski definition) is 2. The Hall–Kier alpha value is -0.540. The van der Waals surface area contributed by atoms with Gasteiger partial charge >= 0.3 is 0 Å². The van der Waals surface area contributed by atoms with Crippen LogP contribution in [0.3, 0.4) is 0 Å². The number of hydrogen-bond donors (Lipinski definition) is 1. The van der Waals surface area contributed by atoms with Gasteiger partial charge in [0, 0.05) is 0 Å². The Bertz CT molecular complexity index is 363. The summed E-state index contributed by atoms with van der Waals surface area (Å²) in [7, 11) is 1.70. The molecule has 0 radical (unpaired) electrons. The van der Waals surface area contributed by atoms with E-state index in [4.69, 9.17) is 10.5 Å². The van der Waals surface area contributed by atoms with E-state index >= 15 is 0 Å². The van der Waals surface area contributed by atoms with Crippen molar-refractivity contribution < 1.29 is 4.74 Å². The highest BCUT2D eigenvalue weighted by atomic mass is 79.9. The molecular formula is C13H20BrNO. The van der Waals surface area contributed by atoms with Crippen molar-refractivity contribution in [2.75, 3.05) is 13.7 Å². The highest BCUT2D eigenvalue weighted by molar-refractivity contribution is 9.10. The average Bonchev–Trinajstić information content (AvgIpc) is 2.28. The summed E-state index contributed by atoms with van der Waals surface area (Å²) in [6.07, 6.45) is 0. The molecule has 90 valence electrons. The number of ether oxygens (including phenoxy) is 1. The molecule has 0 aliphatic heterocycles. The maximum absolute atomic E-state index is 5.73. The molecule has 0 saturated heterocycles. The summed E-state index contributed by atoms with van der Waals surface area (Å²) >= 11 is 3.59. The van der Waals surface area contributed by atoms with Gasteiger partial charge in [0.15, 0.2) is 0 Å². The molecule has 0 heterocycles. The molecule has 0 spiro atoms. The van der Waals surface area contributed by atoms with Gasteiger partial charge in [-0.2, -0.15) is 0 Å².